The van der Waals surface area contributed by atoms with Crippen LogP contribution in [0.25, 0.3) is 11.1 Å². The van der Waals surface area contributed by atoms with Crippen molar-refractivity contribution in [3.05, 3.63) is 54.4 Å². The molecule has 3 rings (SSSR count). The summed E-state index contributed by atoms with van der Waals surface area (Å²) in [5.74, 6) is -0.138. The average molecular weight is 361 g/mol. The molecule has 0 bridgehead atoms. The summed E-state index contributed by atoms with van der Waals surface area (Å²) in [5, 5.41) is 0. The maximum absolute atomic E-state index is 12.3. The zero-order valence-electron chi connectivity index (χ0n) is 14.3. The Labute approximate surface area is 150 Å². The van der Waals surface area contributed by atoms with Crippen LogP contribution in [0.5, 0.6) is 0 Å². The van der Waals surface area contributed by atoms with Gasteiger partial charge in [0, 0.05) is 37.5 Å². The molecule has 3 nitrogen and oxygen atoms in total. The number of amides is 1. The van der Waals surface area contributed by atoms with E-state index in [0.29, 0.717) is 13.1 Å². The normalized spacial score (nSPS) is 15.9. The van der Waals surface area contributed by atoms with Gasteiger partial charge in [-0.05, 0) is 48.1 Å². The molecule has 0 atom stereocenters. The number of hydrogen-bond donors (Lipinski definition) is 0. The van der Waals surface area contributed by atoms with Crippen LogP contribution in [0.2, 0.25) is 0 Å². The molecule has 0 spiro atoms. The molecule has 6 heteroatoms. The lowest BCUT2D eigenvalue weighted by Crippen LogP contribution is -2.38. The Bertz CT molecular complexity index is 738. The zero-order chi connectivity index (χ0) is 18.6. The second-order valence-electron chi connectivity index (χ2n) is 6.53. The monoisotopic (exact) mass is 361 g/mol. The number of benzene rings is 1. The molecule has 1 aliphatic rings. The van der Waals surface area contributed by atoms with Gasteiger partial charge in [-0.3, -0.25) is 9.78 Å². The van der Waals surface area contributed by atoms with E-state index < -0.39 is 24.9 Å². The van der Waals surface area contributed by atoms with Gasteiger partial charge in [0.15, 0.2) is 0 Å². The van der Waals surface area contributed by atoms with Gasteiger partial charge in [0.25, 0.3) is 0 Å². The van der Waals surface area contributed by atoms with Crippen LogP contribution in [0.1, 0.15) is 37.2 Å². The molecule has 1 amide bonds. The lowest BCUT2D eigenvalue weighted by molar-refractivity contribution is -0.149. The Balaban J connectivity index is 1.65. The molecule has 0 N–H and O–H groups in total. The number of carbonyl (C=O) groups excluding carboxylic acids is 1. The summed E-state index contributed by atoms with van der Waals surface area (Å²) in [6, 6.07) is 12.8. The number of pyridine rings is 1. The molecule has 1 aliphatic heterocycles. The van der Waals surface area contributed by atoms with E-state index in [2.05, 4.69) is 11.1 Å². The van der Waals surface area contributed by atoms with E-state index in [1.54, 1.807) is 11.1 Å². The summed E-state index contributed by atoms with van der Waals surface area (Å²) in [6.45, 7) is 0.985. The third-order valence-electron chi connectivity index (χ3n) is 4.78. The Morgan fingerprint density at radius 2 is 2.04 bits per heavy atom. The summed E-state index contributed by atoms with van der Waals surface area (Å²) in [6.07, 6.45) is -0.776. The minimum Gasteiger partial charge on any atom is -0.343 e. The van der Waals surface area contributed by atoms with Gasteiger partial charge >= 0.3 is 6.18 Å². The molecule has 1 aromatic carbocycles. The fourth-order valence-electron chi connectivity index (χ4n) is 3.42. The zero-order valence-corrected chi connectivity index (χ0v) is 14.3. The third kappa shape index (κ3) is 4.62. The summed E-state index contributed by atoms with van der Waals surface area (Å²) in [4.78, 5) is 17.7. The molecule has 1 saturated heterocycles. The van der Waals surface area contributed by atoms with Gasteiger partial charge in [-0.15, -0.1) is 0 Å². The Hall–Kier alpha value is -2.37. The van der Waals surface area contributed by atoms with Crippen molar-refractivity contribution in [2.45, 2.75) is 37.8 Å². The first-order valence-corrected chi connectivity index (χ1v) is 8.69. The fraction of sp³-hybridized carbons (Fsp3) is 0.400. The SMILES string of the molecule is O=C(CCC(F)(F)F)N1CCC(c2cc[c]cc2-c2cccnc2)CC1. The van der Waals surface area contributed by atoms with Crippen LogP contribution in [0, 0.1) is 6.07 Å². The van der Waals surface area contributed by atoms with Crippen LogP contribution >= 0.6 is 0 Å². The molecule has 1 radical (unpaired) electrons. The van der Waals surface area contributed by atoms with E-state index in [1.165, 1.54) is 5.56 Å². The highest BCUT2D eigenvalue weighted by Crippen LogP contribution is 2.35. The molecule has 26 heavy (non-hydrogen) atoms. The van der Waals surface area contributed by atoms with Crippen LogP contribution in [0.15, 0.2) is 42.7 Å². The lowest BCUT2D eigenvalue weighted by Gasteiger charge is -2.33. The van der Waals surface area contributed by atoms with Gasteiger partial charge < -0.3 is 4.90 Å². The van der Waals surface area contributed by atoms with Crippen LogP contribution < -0.4 is 0 Å². The van der Waals surface area contributed by atoms with Crippen molar-refractivity contribution in [3.8, 4) is 11.1 Å². The molecule has 0 aliphatic carbocycles. The molecular weight excluding hydrogens is 341 g/mol. The van der Waals surface area contributed by atoms with Crippen molar-refractivity contribution in [1.82, 2.24) is 9.88 Å². The molecule has 2 heterocycles. The second kappa shape index (κ2) is 7.89. The number of likely N-dealkylation sites (tertiary alicyclic amines) is 1. The van der Waals surface area contributed by atoms with Crippen molar-refractivity contribution in [1.29, 1.82) is 0 Å². The van der Waals surface area contributed by atoms with Gasteiger partial charge in [0.2, 0.25) is 5.91 Å². The molecule has 0 saturated carbocycles. The number of nitrogens with zero attached hydrogens (tertiary/aromatic N) is 2. The van der Waals surface area contributed by atoms with Crippen molar-refractivity contribution >= 4 is 5.91 Å². The smallest absolute Gasteiger partial charge is 0.343 e. The van der Waals surface area contributed by atoms with E-state index in [0.717, 1.165) is 24.0 Å². The largest absolute Gasteiger partial charge is 0.389 e. The standard InChI is InChI=1S/C20H20F3N2O/c21-20(22,23)10-7-19(26)25-12-8-15(9-13-25)17-5-1-2-6-18(17)16-4-3-11-24-14-16/h1,3-6,11,14-15H,7-10,12-13H2. The lowest BCUT2D eigenvalue weighted by atomic mass is 9.85. The third-order valence-corrected chi connectivity index (χ3v) is 4.78. The number of halogens is 3. The average Bonchev–Trinajstić information content (AvgIpc) is 2.66. The number of carbonyl (C=O) groups is 1. The number of hydrogen-bond acceptors (Lipinski definition) is 2. The van der Waals surface area contributed by atoms with Crippen LogP contribution in [-0.4, -0.2) is 35.1 Å². The van der Waals surface area contributed by atoms with E-state index in [4.69, 9.17) is 0 Å². The summed E-state index contributed by atoms with van der Waals surface area (Å²) in [5.41, 5.74) is 3.27. The minimum atomic E-state index is -4.28. The highest BCUT2D eigenvalue weighted by Gasteiger charge is 2.31. The van der Waals surface area contributed by atoms with Gasteiger partial charge in [0.05, 0.1) is 6.42 Å². The summed E-state index contributed by atoms with van der Waals surface area (Å²) in [7, 11) is 0. The van der Waals surface area contributed by atoms with E-state index in [-0.39, 0.29) is 5.92 Å². The highest BCUT2D eigenvalue weighted by molar-refractivity contribution is 5.76. The van der Waals surface area contributed by atoms with Crippen LogP contribution in [0.3, 0.4) is 0 Å². The number of piperidine rings is 1. The highest BCUT2D eigenvalue weighted by atomic mass is 19.4. The van der Waals surface area contributed by atoms with Crippen molar-refractivity contribution in [2.24, 2.45) is 0 Å². The molecule has 137 valence electrons. The molecule has 1 fully saturated rings. The minimum absolute atomic E-state index is 0.270. The van der Waals surface area contributed by atoms with Gasteiger partial charge in [-0.1, -0.05) is 18.2 Å². The van der Waals surface area contributed by atoms with Gasteiger partial charge in [-0.2, -0.15) is 13.2 Å². The maximum atomic E-state index is 12.3. The Morgan fingerprint density at radius 3 is 2.69 bits per heavy atom. The summed E-state index contributed by atoms with van der Waals surface area (Å²) < 4.78 is 36.9. The first-order valence-electron chi connectivity index (χ1n) is 8.69. The van der Waals surface area contributed by atoms with Gasteiger partial charge in [-0.25, -0.2) is 0 Å². The van der Waals surface area contributed by atoms with Crippen LogP contribution in [0.4, 0.5) is 13.2 Å². The Kier molecular flexibility index (Phi) is 5.59. The van der Waals surface area contributed by atoms with Crippen molar-refractivity contribution < 1.29 is 18.0 Å². The topological polar surface area (TPSA) is 33.2 Å². The van der Waals surface area contributed by atoms with Crippen molar-refractivity contribution in [2.75, 3.05) is 13.1 Å². The van der Waals surface area contributed by atoms with E-state index >= 15 is 0 Å². The predicted molar refractivity (Wildman–Crippen MR) is 92.4 cm³/mol. The Morgan fingerprint density at radius 1 is 1.27 bits per heavy atom. The maximum Gasteiger partial charge on any atom is 0.389 e. The second-order valence-corrected chi connectivity index (χ2v) is 6.53. The summed E-state index contributed by atoms with van der Waals surface area (Å²) >= 11 is 0. The predicted octanol–water partition coefficient (Wildman–Crippen LogP) is 4.60. The molecule has 0 unspecified atom stereocenters. The van der Waals surface area contributed by atoms with Gasteiger partial charge in [0.1, 0.15) is 0 Å². The van der Waals surface area contributed by atoms with E-state index in [1.807, 2.05) is 36.5 Å². The molecular formula is C20H20F3N2O. The quantitative estimate of drug-likeness (QED) is 0.798. The first-order chi connectivity index (χ1) is 12.4. The number of rotatable bonds is 4. The van der Waals surface area contributed by atoms with Crippen molar-refractivity contribution in [3.63, 3.8) is 0 Å². The molecule has 1 aromatic heterocycles. The number of alkyl halides is 3. The van der Waals surface area contributed by atoms with E-state index in [9.17, 15) is 18.0 Å². The molecule has 2 aromatic rings. The first kappa shape index (κ1) is 18.4. The number of aromatic nitrogens is 1. The van der Waals surface area contributed by atoms with Crippen LogP contribution in [-0.2, 0) is 4.79 Å². The fourth-order valence-corrected chi connectivity index (χ4v) is 3.42.